The first kappa shape index (κ1) is 14.0. The van der Waals surface area contributed by atoms with Gasteiger partial charge in [-0.15, -0.1) is 10.2 Å². The van der Waals surface area contributed by atoms with Gasteiger partial charge in [-0.3, -0.25) is 0 Å². The molecule has 2 heterocycles. The predicted molar refractivity (Wildman–Crippen MR) is 96.6 cm³/mol. The zero-order valence-electron chi connectivity index (χ0n) is 13.5. The summed E-state index contributed by atoms with van der Waals surface area (Å²) in [6.45, 7) is 3.07. The zero-order valence-corrected chi connectivity index (χ0v) is 13.5. The Bertz CT molecular complexity index is 807. The van der Waals surface area contributed by atoms with E-state index >= 15 is 0 Å². The van der Waals surface area contributed by atoms with Crippen LogP contribution >= 0.6 is 0 Å². The highest BCUT2D eigenvalue weighted by Gasteiger charge is 2.25. The highest BCUT2D eigenvalue weighted by Crippen LogP contribution is 2.30. The number of rotatable bonds is 2. The molecule has 0 saturated carbocycles. The Kier molecular flexibility index (Phi) is 3.37. The number of hydrogen-bond donors (Lipinski definition) is 0. The first-order valence-corrected chi connectivity index (χ1v) is 8.08. The third-order valence-electron chi connectivity index (χ3n) is 4.63. The SMILES string of the molecule is CCN1/C(=N/N=C2/Cc3ccccc3N2C)Cc2ccccc21. The summed E-state index contributed by atoms with van der Waals surface area (Å²) in [6, 6.07) is 16.9. The molecule has 0 atom stereocenters. The lowest BCUT2D eigenvalue weighted by Gasteiger charge is -2.17. The molecular weight excluding hydrogens is 284 g/mol. The summed E-state index contributed by atoms with van der Waals surface area (Å²) in [5.74, 6) is 2.04. The van der Waals surface area contributed by atoms with E-state index in [1.54, 1.807) is 0 Å². The van der Waals surface area contributed by atoms with E-state index in [-0.39, 0.29) is 0 Å². The maximum absolute atomic E-state index is 4.59. The van der Waals surface area contributed by atoms with Gasteiger partial charge in [0.15, 0.2) is 0 Å². The van der Waals surface area contributed by atoms with Crippen LogP contribution in [0.5, 0.6) is 0 Å². The van der Waals surface area contributed by atoms with Crippen LogP contribution in [0.4, 0.5) is 11.4 Å². The molecule has 0 radical (unpaired) electrons. The van der Waals surface area contributed by atoms with Crippen molar-refractivity contribution in [2.75, 3.05) is 23.4 Å². The van der Waals surface area contributed by atoms with Gasteiger partial charge in [-0.1, -0.05) is 36.4 Å². The van der Waals surface area contributed by atoms with Crippen LogP contribution in [0.1, 0.15) is 18.1 Å². The molecule has 2 aliphatic heterocycles. The molecule has 2 aliphatic rings. The molecule has 4 nitrogen and oxygen atoms in total. The van der Waals surface area contributed by atoms with Crippen molar-refractivity contribution < 1.29 is 0 Å². The molecule has 23 heavy (non-hydrogen) atoms. The van der Waals surface area contributed by atoms with Crippen LogP contribution in [0.15, 0.2) is 58.7 Å². The average molecular weight is 304 g/mol. The number of benzene rings is 2. The van der Waals surface area contributed by atoms with E-state index in [9.17, 15) is 0 Å². The Hall–Kier alpha value is -2.62. The molecule has 4 heteroatoms. The van der Waals surface area contributed by atoms with E-state index in [1.807, 2.05) is 0 Å². The van der Waals surface area contributed by atoms with Gasteiger partial charge in [0.1, 0.15) is 11.7 Å². The summed E-state index contributed by atoms with van der Waals surface area (Å²) in [5, 5.41) is 9.17. The molecule has 0 N–H and O–H groups in total. The molecular formula is C19H20N4. The molecule has 0 aromatic heterocycles. The van der Waals surface area contributed by atoms with Crippen molar-refractivity contribution in [3.8, 4) is 0 Å². The van der Waals surface area contributed by atoms with Crippen molar-refractivity contribution in [3.05, 3.63) is 59.7 Å². The standard InChI is InChI=1S/C19H20N4/c1-3-23-17-11-7-5-9-15(17)13-19(23)21-20-18-12-14-8-4-6-10-16(14)22(18)2/h4-11H,3,12-13H2,1-2H3/b20-18-,21-19+. The Balaban J connectivity index is 1.63. The zero-order chi connectivity index (χ0) is 15.8. The monoisotopic (exact) mass is 304 g/mol. The smallest absolute Gasteiger partial charge is 0.136 e. The molecule has 116 valence electrons. The van der Waals surface area contributed by atoms with E-state index in [0.29, 0.717) is 0 Å². The van der Waals surface area contributed by atoms with Crippen LogP contribution in [-0.4, -0.2) is 25.3 Å². The van der Waals surface area contributed by atoms with Gasteiger partial charge in [-0.05, 0) is 30.2 Å². The van der Waals surface area contributed by atoms with Crippen molar-refractivity contribution in [2.45, 2.75) is 19.8 Å². The van der Waals surface area contributed by atoms with Gasteiger partial charge in [0.2, 0.25) is 0 Å². The summed E-state index contributed by atoms with van der Waals surface area (Å²) in [6.07, 6.45) is 1.71. The summed E-state index contributed by atoms with van der Waals surface area (Å²) in [7, 11) is 2.06. The van der Waals surface area contributed by atoms with Gasteiger partial charge in [0.05, 0.1) is 0 Å². The maximum Gasteiger partial charge on any atom is 0.136 e. The van der Waals surface area contributed by atoms with Gasteiger partial charge < -0.3 is 9.80 Å². The first-order valence-electron chi connectivity index (χ1n) is 8.08. The average Bonchev–Trinajstić information content (AvgIpc) is 3.10. The van der Waals surface area contributed by atoms with Crippen molar-refractivity contribution >= 4 is 23.0 Å². The van der Waals surface area contributed by atoms with E-state index < -0.39 is 0 Å². The number of nitrogens with zero attached hydrogens (tertiary/aromatic N) is 4. The maximum atomic E-state index is 4.59. The summed E-state index contributed by atoms with van der Waals surface area (Å²) in [5.41, 5.74) is 5.14. The minimum absolute atomic E-state index is 0.850. The number of para-hydroxylation sites is 2. The molecule has 2 aromatic carbocycles. The lowest BCUT2D eigenvalue weighted by atomic mass is 10.2. The van der Waals surface area contributed by atoms with Crippen molar-refractivity contribution in [1.82, 2.24) is 0 Å². The van der Waals surface area contributed by atoms with Crippen LogP contribution in [0.25, 0.3) is 0 Å². The van der Waals surface area contributed by atoms with E-state index in [2.05, 4.69) is 82.5 Å². The molecule has 0 fully saturated rings. The predicted octanol–water partition coefficient (Wildman–Crippen LogP) is 3.47. The Morgan fingerprint density at radius 3 is 2.09 bits per heavy atom. The fourth-order valence-corrected chi connectivity index (χ4v) is 3.40. The fraction of sp³-hybridized carbons (Fsp3) is 0.263. The normalized spacial score (nSPS) is 19.6. The third-order valence-corrected chi connectivity index (χ3v) is 4.63. The number of likely N-dealkylation sites (N-methyl/N-ethyl adjacent to an activating group) is 2. The molecule has 4 rings (SSSR count). The Labute approximate surface area is 136 Å². The van der Waals surface area contributed by atoms with Crippen LogP contribution in [0.2, 0.25) is 0 Å². The van der Waals surface area contributed by atoms with Crippen molar-refractivity contribution in [1.29, 1.82) is 0 Å². The van der Waals surface area contributed by atoms with Gasteiger partial charge in [0, 0.05) is 37.8 Å². The molecule has 0 saturated heterocycles. The summed E-state index contributed by atoms with van der Waals surface area (Å²) < 4.78 is 0. The molecule has 0 bridgehead atoms. The van der Waals surface area contributed by atoms with Gasteiger partial charge >= 0.3 is 0 Å². The minimum Gasteiger partial charge on any atom is -0.331 e. The number of amidine groups is 2. The van der Waals surface area contributed by atoms with Crippen LogP contribution in [0.3, 0.4) is 0 Å². The lowest BCUT2D eigenvalue weighted by Crippen LogP contribution is -2.27. The second kappa shape index (κ2) is 5.54. The van der Waals surface area contributed by atoms with E-state index in [4.69, 9.17) is 0 Å². The largest absolute Gasteiger partial charge is 0.331 e. The van der Waals surface area contributed by atoms with Crippen LogP contribution in [-0.2, 0) is 12.8 Å². The van der Waals surface area contributed by atoms with E-state index in [1.165, 1.54) is 22.5 Å². The van der Waals surface area contributed by atoms with Gasteiger partial charge in [-0.25, -0.2) is 0 Å². The minimum atomic E-state index is 0.850. The first-order chi connectivity index (χ1) is 11.3. The van der Waals surface area contributed by atoms with Crippen LogP contribution in [0, 0.1) is 0 Å². The Morgan fingerprint density at radius 2 is 1.39 bits per heavy atom. The quantitative estimate of drug-likeness (QED) is 0.796. The topological polar surface area (TPSA) is 31.2 Å². The van der Waals surface area contributed by atoms with E-state index in [0.717, 1.165) is 31.1 Å². The Morgan fingerprint density at radius 1 is 0.826 bits per heavy atom. The van der Waals surface area contributed by atoms with Crippen molar-refractivity contribution in [2.24, 2.45) is 10.2 Å². The molecule has 0 unspecified atom stereocenters. The molecule has 0 amide bonds. The third kappa shape index (κ3) is 2.31. The lowest BCUT2D eigenvalue weighted by molar-refractivity contribution is 1.04. The van der Waals surface area contributed by atoms with Gasteiger partial charge in [-0.2, -0.15) is 0 Å². The highest BCUT2D eigenvalue weighted by atomic mass is 15.4. The summed E-state index contributed by atoms with van der Waals surface area (Å²) in [4.78, 5) is 4.39. The fourth-order valence-electron chi connectivity index (χ4n) is 3.40. The highest BCUT2D eigenvalue weighted by molar-refractivity contribution is 6.07. The number of anilines is 2. The number of fused-ring (bicyclic) bond motifs is 2. The molecule has 0 aliphatic carbocycles. The van der Waals surface area contributed by atoms with Crippen LogP contribution < -0.4 is 9.80 Å². The number of hydrogen-bond acceptors (Lipinski definition) is 2. The van der Waals surface area contributed by atoms with Crippen molar-refractivity contribution in [3.63, 3.8) is 0 Å². The molecule has 0 spiro atoms. The second-order valence-corrected chi connectivity index (χ2v) is 5.95. The second-order valence-electron chi connectivity index (χ2n) is 5.95. The summed E-state index contributed by atoms with van der Waals surface area (Å²) >= 11 is 0. The molecule has 2 aromatic rings. The van der Waals surface area contributed by atoms with Gasteiger partial charge in [0.25, 0.3) is 0 Å².